The maximum Gasteiger partial charge on any atom is 0.375 e. The first-order valence-corrected chi connectivity index (χ1v) is 7.66. The van der Waals surface area contributed by atoms with E-state index in [4.69, 9.17) is 19.3 Å². The third-order valence-corrected chi connectivity index (χ3v) is 2.69. The van der Waals surface area contributed by atoms with E-state index in [0.717, 1.165) is 6.08 Å². The molecule has 0 saturated carbocycles. The Labute approximate surface area is 141 Å². The number of carbonyl (C=O) groups excluding carboxylic acids is 2. The lowest BCUT2D eigenvalue weighted by Crippen LogP contribution is -2.23. The highest BCUT2D eigenvalue weighted by molar-refractivity contribution is 5.85. The van der Waals surface area contributed by atoms with Gasteiger partial charge in [0.2, 0.25) is 6.29 Å². The van der Waals surface area contributed by atoms with Crippen LogP contribution in [0.25, 0.3) is 0 Å². The van der Waals surface area contributed by atoms with Gasteiger partial charge in [-0.25, -0.2) is 9.59 Å². The summed E-state index contributed by atoms with van der Waals surface area (Å²) in [4.78, 5) is 21.9. The minimum Gasteiger partial charge on any atom is -0.502 e. The zero-order valence-corrected chi connectivity index (χ0v) is 13.9. The van der Waals surface area contributed by atoms with Gasteiger partial charge >= 0.3 is 11.9 Å². The zero-order chi connectivity index (χ0) is 18.4. The molecule has 0 aliphatic rings. The average molecular weight is 346 g/mol. The van der Waals surface area contributed by atoms with Crippen molar-refractivity contribution in [2.24, 2.45) is 0 Å². The van der Waals surface area contributed by atoms with Crippen LogP contribution in [0, 0.1) is 0 Å². The van der Waals surface area contributed by atoms with Crippen molar-refractivity contribution in [3.05, 3.63) is 25.0 Å². The first-order valence-electron chi connectivity index (χ1n) is 7.66. The van der Waals surface area contributed by atoms with E-state index in [-0.39, 0.29) is 13.2 Å². The smallest absolute Gasteiger partial charge is 0.375 e. The maximum absolute atomic E-state index is 11.1. The summed E-state index contributed by atoms with van der Waals surface area (Å²) in [5.74, 6) is -2.17. The first-order chi connectivity index (χ1) is 11.4. The first kappa shape index (κ1) is 22.1. The molecule has 8 nitrogen and oxygen atoms in total. The topological polar surface area (TPSA) is 112 Å². The molecule has 0 aromatic carbocycles. The molecule has 24 heavy (non-hydrogen) atoms. The van der Waals surface area contributed by atoms with Crippen molar-refractivity contribution in [1.82, 2.24) is 0 Å². The number of aliphatic hydroxyl groups is 2. The van der Waals surface area contributed by atoms with Crippen LogP contribution >= 0.6 is 0 Å². The number of esters is 2. The largest absolute Gasteiger partial charge is 0.502 e. The minimum absolute atomic E-state index is 0.0547. The second-order valence-electron chi connectivity index (χ2n) is 4.83. The predicted molar refractivity (Wildman–Crippen MR) is 85.1 cm³/mol. The summed E-state index contributed by atoms with van der Waals surface area (Å²) in [5.41, 5.74) is 0. The van der Waals surface area contributed by atoms with Crippen LogP contribution in [-0.4, -0.2) is 61.0 Å². The molecule has 8 heteroatoms. The summed E-state index contributed by atoms with van der Waals surface area (Å²) in [7, 11) is 0. The van der Waals surface area contributed by atoms with E-state index < -0.39 is 30.1 Å². The van der Waals surface area contributed by atoms with Crippen LogP contribution < -0.4 is 0 Å². The molecule has 0 rings (SSSR count). The van der Waals surface area contributed by atoms with Crippen LogP contribution in [-0.2, 0) is 28.5 Å². The van der Waals surface area contributed by atoms with E-state index >= 15 is 0 Å². The van der Waals surface area contributed by atoms with E-state index in [1.165, 1.54) is 0 Å². The molecular weight excluding hydrogens is 320 g/mol. The fraction of sp³-hybridized carbons (Fsp3) is 0.625. The molecular formula is C16H26O8. The van der Waals surface area contributed by atoms with Crippen molar-refractivity contribution in [3.63, 3.8) is 0 Å². The van der Waals surface area contributed by atoms with Gasteiger partial charge in [0.25, 0.3) is 0 Å². The second kappa shape index (κ2) is 13.5. The fourth-order valence-electron chi connectivity index (χ4n) is 1.45. The fourth-order valence-corrected chi connectivity index (χ4v) is 1.45. The maximum atomic E-state index is 11.1. The molecule has 0 saturated heterocycles. The third kappa shape index (κ3) is 11.6. The van der Waals surface area contributed by atoms with E-state index in [1.807, 2.05) is 0 Å². The van der Waals surface area contributed by atoms with Crippen LogP contribution in [0.1, 0.15) is 26.2 Å². The van der Waals surface area contributed by atoms with Crippen molar-refractivity contribution >= 4 is 11.9 Å². The van der Waals surface area contributed by atoms with Gasteiger partial charge in [0.05, 0.1) is 13.2 Å². The Balaban J connectivity index is 3.61. The molecule has 0 spiro atoms. The molecule has 0 bridgehead atoms. The number of ether oxygens (including phenoxy) is 4. The Hall–Kier alpha value is -1.90. The molecule has 0 fully saturated rings. The third-order valence-electron chi connectivity index (χ3n) is 2.69. The summed E-state index contributed by atoms with van der Waals surface area (Å²) >= 11 is 0. The van der Waals surface area contributed by atoms with Crippen LogP contribution in [0.2, 0.25) is 0 Å². The lowest BCUT2D eigenvalue weighted by Gasteiger charge is -2.16. The molecule has 2 N–H and O–H groups in total. The van der Waals surface area contributed by atoms with Crippen molar-refractivity contribution in [2.45, 2.75) is 38.6 Å². The second-order valence-corrected chi connectivity index (χ2v) is 4.83. The lowest BCUT2D eigenvalue weighted by molar-refractivity contribution is -0.177. The molecule has 0 aromatic rings. The van der Waals surface area contributed by atoms with Gasteiger partial charge in [0.15, 0.2) is 5.76 Å². The zero-order valence-electron chi connectivity index (χ0n) is 13.9. The van der Waals surface area contributed by atoms with E-state index in [2.05, 4.69) is 17.9 Å². The Morgan fingerprint density at radius 2 is 1.88 bits per heavy atom. The summed E-state index contributed by atoms with van der Waals surface area (Å²) in [5, 5.41) is 18.4. The highest BCUT2D eigenvalue weighted by Crippen LogP contribution is 2.05. The summed E-state index contributed by atoms with van der Waals surface area (Å²) < 4.78 is 20.1. The number of carbonyl (C=O) groups is 2. The van der Waals surface area contributed by atoms with E-state index in [1.54, 1.807) is 6.92 Å². The molecule has 0 aromatic heterocycles. The monoisotopic (exact) mass is 346 g/mol. The van der Waals surface area contributed by atoms with Crippen LogP contribution in [0.5, 0.6) is 0 Å². The summed E-state index contributed by atoms with van der Waals surface area (Å²) in [6, 6.07) is 0. The predicted octanol–water partition coefficient (Wildman–Crippen LogP) is 1.24. The van der Waals surface area contributed by atoms with E-state index in [0.29, 0.717) is 32.5 Å². The highest BCUT2D eigenvalue weighted by Gasteiger charge is 2.14. The standard InChI is InChI=1S/C16H26O8/c1-4-14(19)23-11-13(18)10-21-8-6-7-9-22-15(5-2)24-16(20)12(3)17/h4,13,15,17-18H,1,3,5-11H2,2H3. The van der Waals surface area contributed by atoms with Crippen molar-refractivity contribution in [3.8, 4) is 0 Å². The number of aliphatic hydroxyl groups excluding tert-OH is 2. The van der Waals surface area contributed by atoms with Crippen LogP contribution in [0.3, 0.4) is 0 Å². The Morgan fingerprint density at radius 1 is 1.21 bits per heavy atom. The molecule has 2 atom stereocenters. The Morgan fingerprint density at radius 3 is 2.46 bits per heavy atom. The number of hydrogen-bond acceptors (Lipinski definition) is 8. The molecule has 0 amide bonds. The van der Waals surface area contributed by atoms with Gasteiger partial charge in [0, 0.05) is 19.1 Å². The van der Waals surface area contributed by atoms with Crippen molar-refractivity contribution in [2.75, 3.05) is 26.4 Å². The van der Waals surface area contributed by atoms with Gasteiger partial charge in [-0.05, 0) is 19.4 Å². The van der Waals surface area contributed by atoms with Crippen LogP contribution in [0.15, 0.2) is 25.0 Å². The summed E-state index contributed by atoms with van der Waals surface area (Å²) in [6.45, 7) is 8.76. The number of hydrogen-bond donors (Lipinski definition) is 2. The van der Waals surface area contributed by atoms with Crippen molar-refractivity contribution < 1.29 is 38.7 Å². The van der Waals surface area contributed by atoms with Gasteiger partial charge in [-0.3, -0.25) is 0 Å². The molecule has 138 valence electrons. The Kier molecular flexibility index (Phi) is 12.5. The van der Waals surface area contributed by atoms with Gasteiger partial charge in [0.1, 0.15) is 12.7 Å². The lowest BCUT2D eigenvalue weighted by atomic mass is 10.3. The highest BCUT2D eigenvalue weighted by atomic mass is 16.7. The molecule has 0 aliphatic heterocycles. The van der Waals surface area contributed by atoms with Crippen molar-refractivity contribution in [1.29, 1.82) is 0 Å². The van der Waals surface area contributed by atoms with Gasteiger partial charge in [-0.15, -0.1) is 0 Å². The van der Waals surface area contributed by atoms with Gasteiger partial charge in [-0.2, -0.15) is 0 Å². The van der Waals surface area contributed by atoms with Gasteiger partial charge < -0.3 is 29.2 Å². The van der Waals surface area contributed by atoms with E-state index in [9.17, 15) is 14.7 Å². The normalized spacial score (nSPS) is 12.9. The Bertz CT molecular complexity index is 407. The number of rotatable bonds is 14. The molecule has 2 unspecified atom stereocenters. The molecule has 0 aliphatic carbocycles. The van der Waals surface area contributed by atoms with Crippen LogP contribution in [0.4, 0.5) is 0 Å². The quantitative estimate of drug-likeness (QED) is 0.159. The molecule has 0 heterocycles. The minimum atomic E-state index is -0.906. The number of unbranched alkanes of at least 4 members (excludes halogenated alkanes) is 1. The van der Waals surface area contributed by atoms with Gasteiger partial charge in [-0.1, -0.05) is 13.5 Å². The summed E-state index contributed by atoms with van der Waals surface area (Å²) in [6.07, 6.45) is 1.19. The SMILES string of the molecule is C=CC(=O)OCC(O)COCCCCOC(CC)OC(=O)C(=C)O. The molecule has 0 radical (unpaired) electrons. The average Bonchev–Trinajstić information content (AvgIpc) is 2.57.